The van der Waals surface area contributed by atoms with Crippen LogP contribution in [0.4, 0.5) is 0 Å². The molecule has 0 nitrogen and oxygen atoms in total. The average Bonchev–Trinajstić information content (AvgIpc) is 1.14. The minimum atomic E-state index is 0. The summed E-state index contributed by atoms with van der Waals surface area (Å²) in [5.74, 6) is 0. The fourth-order valence-electron chi connectivity index (χ4n) is 1.30. The van der Waals surface area contributed by atoms with Gasteiger partial charge in [0.05, 0.1) is 0 Å². The van der Waals surface area contributed by atoms with E-state index in [4.69, 9.17) is 0 Å². The van der Waals surface area contributed by atoms with E-state index in [1.165, 1.54) is 0 Å². The first kappa shape index (κ1) is 13.8. The molecule has 1 radical (unpaired) electrons. The van der Waals surface area contributed by atoms with Crippen molar-refractivity contribution in [3.8, 4) is 0 Å². The van der Waals surface area contributed by atoms with Crippen molar-refractivity contribution in [3.63, 3.8) is 0 Å². The second-order valence-electron chi connectivity index (χ2n) is 4.88. The summed E-state index contributed by atoms with van der Waals surface area (Å²) in [6, 6.07) is 0. The molecule has 0 aromatic heterocycles. The van der Waals surface area contributed by atoms with E-state index in [1.807, 2.05) is 0 Å². The van der Waals surface area contributed by atoms with E-state index in [0.717, 1.165) is 0 Å². The molecule has 0 heterocycles. The van der Waals surface area contributed by atoms with Gasteiger partial charge >= 0.3 is 0 Å². The molecule has 0 aromatic rings. The van der Waals surface area contributed by atoms with E-state index in [2.05, 4.69) is 41.5 Å². The normalized spacial score (nSPS) is 12.2. The summed E-state index contributed by atoms with van der Waals surface area (Å²) in [6.45, 7) is 14.0. The first-order valence-corrected chi connectivity index (χ1v) is 4.73. The zero-order chi connectivity index (χ0) is 7.71. The number of hydrogen-bond acceptors (Lipinski definition) is 0. The van der Waals surface area contributed by atoms with Gasteiger partial charge in [0.1, 0.15) is 0 Å². The smallest absolute Gasteiger partial charge is 0.107 e. The minimum Gasteiger partial charge on any atom is -0.107 e. The molecular weight excluding hydrogens is 250 g/mol. The predicted molar refractivity (Wildman–Crippen MR) is 60.6 cm³/mol. The maximum Gasteiger partial charge on any atom is 0.218 e. The van der Waals surface area contributed by atoms with Gasteiger partial charge in [0.15, 0.2) is 0 Å². The van der Waals surface area contributed by atoms with Gasteiger partial charge in [-0.2, -0.15) is 0 Å². The molecular formula is C8H19AlI. The summed E-state index contributed by atoms with van der Waals surface area (Å²) >= 11 is 0.569. The monoisotopic (exact) mass is 269 g/mol. The average molecular weight is 269 g/mol. The van der Waals surface area contributed by atoms with E-state index in [1.54, 1.807) is 0 Å². The maximum atomic E-state index is 2.33. The van der Waals surface area contributed by atoms with Gasteiger partial charge in [-0.3, -0.25) is 0 Å². The molecule has 0 unspecified atom stereocenters. The first-order chi connectivity index (χ1) is 3.71. The molecule has 0 saturated heterocycles. The molecule has 0 aliphatic rings. The van der Waals surface area contributed by atoms with Gasteiger partial charge in [0.25, 0.3) is 0 Å². The second-order valence-corrected chi connectivity index (χ2v) is 8.63. The van der Waals surface area contributed by atoms with E-state index in [-0.39, 0.29) is 24.0 Å². The van der Waals surface area contributed by atoms with Gasteiger partial charge in [-0.15, -0.1) is 24.0 Å². The van der Waals surface area contributed by atoms with Crippen molar-refractivity contribution in [2.75, 3.05) is 0 Å². The molecule has 61 valence electrons. The molecule has 0 aromatic carbocycles. The molecule has 0 rings (SSSR count). The number of rotatable bonds is 0. The molecule has 0 aliphatic carbocycles. The van der Waals surface area contributed by atoms with E-state index in [0.29, 0.717) is 23.8 Å². The second kappa shape index (κ2) is 4.33. The van der Waals surface area contributed by atoms with Crippen molar-refractivity contribution < 1.29 is 0 Å². The lowest BCUT2D eigenvalue weighted by Crippen LogP contribution is -2.18. The van der Waals surface area contributed by atoms with Gasteiger partial charge in [-0.05, 0) is 0 Å². The lowest BCUT2D eigenvalue weighted by atomic mass is 10.2. The van der Waals surface area contributed by atoms with Crippen LogP contribution < -0.4 is 0 Å². The van der Waals surface area contributed by atoms with Gasteiger partial charge in [-0.25, -0.2) is 0 Å². The van der Waals surface area contributed by atoms with Crippen LogP contribution in [0.5, 0.6) is 0 Å². The van der Waals surface area contributed by atoms with Crippen LogP contribution >= 0.6 is 24.0 Å². The summed E-state index contributed by atoms with van der Waals surface area (Å²) in [7, 11) is 0. The number of halogens is 1. The molecule has 0 bridgehead atoms. The zero-order valence-corrected chi connectivity index (χ0v) is 11.5. The SMILES string of the molecule is C[C](C)(C)[Al][C](C)(C)C.I. The van der Waals surface area contributed by atoms with E-state index in [9.17, 15) is 0 Å². The molecule has 0 fully saturated rings. The van der Waals surface area contributed by atoms with Crippen LogP contribution in [0.15, 0.2) is 0 Å². The highest BCUT2D eigenvalue weighted by Gasteiger charge is 2.22. The van der Waals surface area contributed by atoms with Crippen LogP contribution in [-0.4, -0.2) is 15.2 Å². The molecule has 0 spiro atoms. The fraction of sp³-hybridized carbons (Fsp3) is 1.00. The third-order valence-electron chi connectivity index (χ3n) is 0.866. The third kappa shape index (κ3) is 12.0. The highest BCUT2D eigenvalue weighted by atomic mass is 127. The van der Waals surface area contributed by atoms with Crippen LogP contribution in [0, 0.1) is 0 Å². The Bertz CT molecular complexity index is 74.4. The Morgan fingerprint density at radius 1 is 0.700 bits per heavy atom. The lowest BCUT2D eigenvalue weighted by Gasteiger charge is -2.26. The van der Waals surface area contributed by atoms with Crippen LogP contribution in [0.1, 0.15) is 41.5 Å². The van der Waals surface area contributed by atoms with Crippen molar-refractivity contribution in [1.29, 1.82) is 0 Å². The Morgan fingerprint density at radius 3 is 0.900 bits per heavy atom. The van der Waals surface area contributed by atoms with Gasteiger partial charge in [0, 0.05) is 0 Å². The van der Waals surface area contributed by atoms with Crippen molar-refractivity contribution in [1.82, 2.24) is 0 Å². The Morgan fingerprint density at radius 2 is 0.900 bits per heavy atom. The topological polar surface area (TPSA) is 0 Å². The van der Waals surface area contributed by atoms with Gasteiger partial charge in [0.2, 0.25) is 15.2 Å². The number of hydrogen-bond donors (Lipinski definition) is 0. The van der Waals surface area contributed by atoms with Crippen molar-refractivity contribution in [2.24, 2.45) is 0 Å². The fourth-order valence-corrected chi connectivity index (χ4v) is 3.90. The summed E-state index contributed by atoms with van der Waals surface area (Å²) in [6.07, 6.45) is 0. The van der Waals surface area contributed by atoms with Crippen LogP contribution in [0.2, 0.25) is 8.55 Å². The van der Waals surface area contributed by atoms with Crippen LogP contribution in [0.25, 0.3) is 0 Å². The van der Waals surface area contributed by atoms with Crippen molar-refractivity contribution in [2.45, 2.75) is 50.1 Å². The summed E-state index contributed by atoms with van der Waals surface area (Å²) in [5.41, 5.74) is 0. The lowest BCUT2D eigenvalue weighted by molar-refractivity contribution is 0.668. The largest absolute Gasteiger partial charge is 0.218 e. The minimum absolute atomic E-state index is 0. The van der Waals surface area contributed by atoms with Gasteiger partial charge < -0.3 is 0 Å². The maximum absolute atomic E-state index is 2.33. The Balaban J connectivity index is 0. The van der Waals surface area contributed by atoms with Gasteiger partial charge in [-0.1, -0.05) is 50.1 Å². The molecule has 0 atom stereocenters. The zero-order valence-electron chi connectivity index (χ0n) is 7.99. The highest BCUT2D eigenvalue weighted by Crippen LogP contribution is 2.33. The summed E-state index contributed by atoms with van der Waals surface area (Å²) in [4.78, 5) is 0. The molecule has 0 amide bonds. The standard InChI is InChI=1S/2C4H9.Al.HI/c2*1-4(2)3;;/h2*1-3H3;;1H. The molecule has 0 saturated carbocycles. The molecule has 0 N–H and O–H groups in total. The van der Waals surface area contributed by atoms with Crippen molar-refractivity contribution in [3.05, 3.63) is 0 Å². The summed E-state index contributed by atoms with van der Waals surface area (Å²) < 4.78 is 1.14. The first-order valence-electron chi connectivity index (χ1n) is 3.58. The van der Waals surface area contributed by atoms with Crippen LogP contribution in [-0.2, 0) is 0 Å². The molecule has 0 aliphatic heterocycles. The molecule has 10 heavy (non-hydrogen) atoms. The quantitative estimate of drug-likeness (QED) is 0.464. The summed E-state index contributed by atoms with van der Waals surface area (Å²) in [5, 5.41) is 0. The Hall–Kier alpha value is 1.26. The Labute approximate surface area is 88.9 Å². The predicted octanol–water partition coefficient (Wildman–Crippen LogP) is 3.75. The van der Waals surface area contributed by atoms with E-state index >= 15 is 0 Å². The molecule has 2 heteroatoms. The highest BCUT2D eigenvalue weighted by molar-refractivity contribution is 14.0. The third-order valence-corrected chi connectivity index (χ3v) is 2.60. The van der Waals surface area contributed by atoms with E-state index < -0.39 is 0 Å². The van der Waals surface area contributed by atoms with Crippen LogP contribution in [0.3, 0.4) is 0 Å². The Kier molecular flexibility index (Phi) is 5.98. The van der Waals surface area contributed by atoms with Crippen molar-refractivity contribution >= 4 is 39.2 Å².